The number of piperidine rings is 1. The number of likely N-dealkylation sites (tertiary alicyclic amines) is 2. The van der Waals surface area contributed by atoms with Crippen molar-refractivity contribution < 1.29 is 19.1 Å². The number of nitrogens with two attached hydrogens (primary N) is 1. The van der Waals surface area contributed by atoms with E-state index in [9.17, 15) is 9.59 Å². The molecule has 2 aliphatic rings. The summed E-state index contributed by atoms with van der Waals surface area (Å²) in [7, 11) is 3.30. The number of imidazole rings is 1. The fourth-order valence-electron chi connectivity index (χ4n) is 5.79. The first-order valence-electron chi connectivity index (χ1n) is 13.7. The maximum atomic E-state index is 13.7. The monoisotopic (exact) mass is 534 g/mol. The van der Waals surface area contributed by atoms with Crippen molar-refractivity contribution in [2.24, 2.45) is 11.7 Å². The largest absolute Gasteiger partial charge is 0.497 e. The molecule has 3 aromatic rings. The lowest BCUT2D eigenvalue weighted by atomic mass is 9.94. The van der Waals surface area contributed by atoms with Crippen molar-refractivity contribution in [1.29, 1.82) is 0 Å². The van der Waals surface area contributed by atoms with Crippen LogP contribution in [0.25, 0.3) is 11.0 Å². The molecule has 0 aliphatic carbocycles. The predicted octanol–water partition coefficient (Wildman–Crippen LogP) is 3.28. The van der Waals surface area contributed by atoms with Gasteiger partial charge in [0.2, 0.25) is 5.91 Å². The molecule has 3 N–H and O–H groups in total. The molecule has 0 unspecified atom stereocenters. The molecule has 3 atom stereocenters. The zero-order chi connectivity index (χ0) is 27.4. The van der Waals surface area contributed by atoms with Crippen molar-refractivity contribution in [2.75, 3.05) is 52.3 Å². The van der Waals surface area contributed by atoms with Crippen molar-refractivity contribution in [2.45, 2.75) is 37.8 Å². The Morgan fingerprint density at radius 2 is 1.92 bits per heavy atom. The van der Waals surface area contributed by atoms with E-state index in [1.807, 2.05) is 35.2 Å². The highest BCUT2D eigenvalue weighted by molar-refractivity contribution is 5.91. The van der Waals surface area contributed by atoms with Gasteiger partial charge in [-0.15, -0.1) is 0 Å². The number of aromatic nitrogens is 2. The Morgan fingerprint density at radius 3 is 2.74 bits per heavy atom. The minimum atomic E-state index is -0.430. The summed E-state index contributed by atoms with van der Waals surface area (Å²) in [5, 5.41) is 2.89. The molecule has 39 heavy (non-hydrogen) atoms. The van der Waals surface area contributed by atoms with Gasteiger partial charge < -0.3 is 34.9 Å². The number of carbonyl (C=O) groups is 2. The maximum Gasteiger partial charge on any atom is 0.321 e. The Labute approximate surface area is 229 Å². The topological polar surface area (TPSA) is 115 Å². The van der Waals surface area contributed by atoms with Crippen molar-refractivity contribution in [3.63, 3.8) is 0 Å². The highest BCUT2D eigenvalue weighted by Gasteiger charge is 2.41. The Bertz CT molecular complexity index is 1310. The van der Waals surface area contributed by atoms with E-state index in [2.05, 4.69) is 16.0 Å². The first kappa shape index (κ1) is 27.0. The molecule has 0 bridgehead atoms. The lowest BCUT2D eigenvalue weighted by Gasteiger charge is -2.35. The number of nitrogens with one attached hydrogen (secondary N) is 1. The van der Waals surface area contributed by atoms with Crippen LogP contribution in [0.2, 0.25) is 0 Å². The fraction of sp³-hybridized carbons (Fsp3) is 0.483. The van der Waals surface area contributed by atoms with Gasteiger partial charge in [0, 0.05) is 70.2 Å². The molecule has 2 aromatic carbocycles. The zero-order valence-electron chi connectivity index (χ0n) is 22.7. The number of fused-ring (bicyclic) bond motifs is 1. The van der Waals surface area contributed by atoms with Gasteiger partial charge in [-0.25, -0.2) is 9.78 Å². The number of aryl methyl sites for hydroxylation is 1. The molecule has 208 valence electrons. The van der Waals surface area contributed by atoms with E-state index >= 15 is 0 Å². The quantitative estimate of drug-likeness (QED) is 0.429. The third-order valence-electron chi connectivity index (χ3n) is 7.80. The summed E-state index contributed by atoms with van der Waals surface area (Å²) in [6, 6.07) is 14.7. The molecule has 2 fully saturated rings. The van der Waals surface area contributed by atoms with E-state index in [0.717, 1.165) is 42.7 Å². The van der Waals surface area contributed by atoms with Gasteiger partial charge in [0.15, 0.2) is 0 Å². The van der Waals surface area contributed by atoms with Crippen molar-refractivity contribution >= 4 is 28.7 Å². The number of ether oxygens (including phenoxy) is 2. The summed E-state index contributed by atoms with van der Waals surface area (Å²) in [5.41, 5.74) is 9.15. The van der Waals surface area contributed by atoms with Crippen LogP contribution in [-0.4, -0.2) is 84.3 Å². The minimum Gasteiger partial charge on any atom is -0.497 e. The van der Waals surface area contributed by atoms with E-state index in [1.165, 1.54) is 0 Å². The van der Waals surface area contributed by atoms with Crippen LogP contribution in [0, 0.1) is 5.92 Å². The minimum absolute atomic E-state index is 0.0194. The predicted molar refractivity (Wildman–Crippen MR) is 150 cm³/mol. The van der Waals surface area contributed by atoms with Gasteiger partial charge in [-0.05, 0) is 43.5 Å². The summed E-state index contributed by atoms with van der Waals surface area (Å²) in [5.74, 6) is 1.42. The van der Waals surface area contributed by atoms with E-state index in [1.54, 1.807) is 31.3 Å². The summed E-state index contributed by atoms with van der Waals surface area (Å²) in [4.78, 5) is 35.2. The molecule has 3 amide bonds. The highest BCUT2D eigenvalue weighted by Crippen LogP contribution is 2.31. The van der Waals surface area contributed by atoms with Gasteiger partial charge in [0.25, 0.3) is 0 Å². The molecule has 1 aromatic heterocycles. The molecule has 0 radical (unpaired) electrons. The zero-order valence-corrected chi connectivity index (χ0v) is 22.7. The Morgan fingerprint density at radius 1 is 1.08 bits per heavy atom. The molecule has 3 heterocycles. The van der Waals surface area contributed by atoms with Crippen LogP contribution < -0.4 is 15.8 Å². The number of carbonyl (C=O) groups excluding carboxylic acids is 2. The first-order chi connectivity index (χ1) is 19.0. The molecule has 5 rings (SSSR count). The number of para-hydroxylation sites is 2. The summed E-state index contributed by atoms with van der Waals surface area (Å²) >= 11 is 0. The fourth-order valence-corrected chi connectivity index (χ4v) is 5.79. The summed E-state index contributed by atoms with van der Waals surface area (Å²) < 4.78 is 12.8. The molecular weight excluding hydrogens is 496 g/mol. The lowest BCUT2D eigenvalue weighted by molar-refractivity contribution is -0.136. The van der Waals surface area contributed by atoms with Crippen molar-refractivity contribution in [1.82, 2.24) is 19.4 Å². The summed E-state index contributed by atoms with van der Waals surface area (Å²) in [6.07, 6.45) is 2.77. The van der Waals surface area contributed by atoms with Crippen LogP contribution in [0.4, 0.5) is 10.5 Å². The number of hydrogen-bond donors (Lipinski definition) is 2. The number of benzene rings is 2. The van der Waals surface area contributed by atoms with E-state index in [4.69, 9.17) is 20.2 Å². The molecule has 10 nitrogen and oxygen atoms in total. The SMILES string of the molecule is COCCCn1c([C@@H]2CCCN(C(=O)[C@@H]3CN(C(=O)Nc4cccc(OC)c4)C[C@H]3N)C2)nc2ccccc21. The third-order valence-corrected chi connectivity index (χ3v) is 7.80. The number of methoxy groups -OCH3 is 2. The Balaban J connectivity index is 1.26. The lowest BCUT2D eigenvalue weighted by Crippen LogP contribution is -2.47. The number of anilines is 1. The van der Waals surface area contributed by atoms with E-state index < -0.39 is 12.0 Å². The van der Waals surface area contributed by atoms with Gasteiger partial charge in [0.1, 0.15) is 11.6 Å². The smallest absolute Gasteiger partial charge is 0.321 e. The third kappa shape index (κ3) is 5.86. The van der Waals surface area contributed by atoms with Crippen molar-refractivity contribution in [3.05, 3.63) is 54.4 Å². The van der Waals surface area contributed by atoms with Crippen molar-refractivity contribution in [3.8, 4) is 5.75 Å². The number of amides is 3. The standard InChI is InChI=1S/C29H38N6O4/c1-38-15-7-14-35-26-12-4-3-11-25(26)32-27(35)20-8-6-13-33(17-20)28(36)23-18-34(19-24(23)30)29(37)31-21-9-5-10-22(16-21)39-2/h3-5,9-12,16,20,23-24H,6-8,13-15,17-19,30H2,1-2H3,(H,31,37)/t20-,23-,24-/m1/s1. The number of hydrogen-bond acceptors (Lipinski definition) is 6. The van der Waals surface area contributed by atoms with Crippen LogP contribution in [0.15, 0.2) is 48.5 Å². The molecule has 2 aliphatic heterocycles. The van der Waals surface area contributed by atoms with Gasteiger partial charge in [-0.3, -0.25) is 4.79 Å². The second-order valence-corrected chi connectivity index (χ2v) is 10.4. The number of nitrogens with zero attached hydrogens (tertiary/aromatic N) is 4. The normalized spacial score (nSPS) is 21.4. The molecule has 0 saturated carbocycles. The Kier molecular flexibility index (Phi) is 8.33. The van der Waals surface area contributed by atoms with Gasteiger partial charge in [0.05, 0.1) is 24.1 Å². The summed E-state index contributed by atoms with van der Waals surface area (Å²) in [6.45, 7) is 3.43. The van der Waals surface area contributed by atoms with Crippen LogP contribution >= 0.6 is 0 Å². The van der Waals surface area contributed by atoms with Crippen LogP contribution in [-0.2, 0) is 16.1 Å². The van der Waals surface area contributed by atoms with Gasteiger partial charge in [-0.2, -0.15) is 0 Å². The number of urea groups is 1. The van der Waals surface area contributed by atoms with Crippen LogP contribution in [0.3, 0.4) is 0 Å². The average Bonchev–Trinajstić information content (AvgIpc) is 3.54. The second kappa shape index (κ2) is 12.0. The second-order valence-electron chi connectivity index (χ2n) is 10.4. The molecular formula is C29H38N6O4. The Hall–Kier alpha value is -3.63. The molecule has 2 saturated heterocycles. The van der Waals surface area contributed by atoms with Crippen LogP contribution in [0.5, 0.6) is 5.75 Å². The van der Waals surface area contributed by atoms with Gasteiger partial charge in [-0.1, -0.05) is 18.2 Å². The average molecular weight is 535 g/mol. The van der Waals surface area contributed by atoms with Crippen LogP contribution in [0.1, 0.15) is 31.0 Å². The molecule has 0 spiro atoms. The maximum absolute atomic E-state index is 13.7. The van der Waals surface area contributed by atoms with E-state index in [0.29, 0.717) is 44.2 Å². The van der Waals surface area contributed by atoms with E-state index in [-0.39, 0.29) is 17.9 Å². The number of rotatable bonds is 8. The molecule has 10 heteroatoms. The van der Waals surface area contributed by atoms with Gasteiger partial charge >= 0.3 is 6.03 Å². The first-order valence-corrected chi connectivity index (χ1v) is 13.7. The highest BCUT2D eigenvalue weighted by atomic mass is 16.5.